The molecule has 0 amide bonds. The van der Waals surface area contributed by atoms with E-state index < -0.39 is 10.3 Å². The molecule has 0 heterocycles. The highest BCUT2D eigenvalue weighted by atomic mass is 32.3. The second-order valence-electron chi connectivity index (χ2n) is 6.78. The maximum atomic E-state index is 10.8. The van der Waals surface area contributed by atoms with Crippen LogP contribution in [0.15, 0.2) is 106 Å². The molecule has 0 saturated heterocycles. The molecule has 2 nitrogen and oxygen atoms in total. The van der Waals surface area contributed by atoms with Gasteiger partial charge in [0.2, 0.25) is 0 Å². The standard InChI is InChI=1S/C25H28O2S/c1-2-3-4-14-21-25(26)27-28(22-15-8-5-9-16-22,23-17-10-6-11-18-23)24-19-12-7-13-20-24/h5-13,15-20H,2-4,14,21H2,1H3/p+1. The average molecular weight is 394 g/mol. The first-order chi connectivity index (χ1) is 13.8. The molecule has 0 aliphatic heterocycles. The van der Waals surface area contributed by atoms with Crippen LogP contribution in [0.5, 0.6) is 0 Å². The van der Waals surface area contributed by atoms with Crippen molar-refractivity contribution in [2.24, 2.45) is 0 Å². The van der Waals surface area contributed by atoms with E-state index >= 15 is 0 Å². The lowest BCUT2D eigenvalue weighted by atomic mass is 10.2. The molecule has 0 aromatic heterocycles. The lowest BCUT2D eigenvalue weighted by Gasteiger charge is -2.33. The van der Waals surface area contributed by atoms with E-state index in [0.717, 1.165) is 27.5 Å². The normalized spacial score (nSPS) is 11.8. The van der Waals surface area contributed by atoms with Gasteiger partial charge in [0, 0.05) is 0 Å². The van der Waals surface area contributed by atoms with Crippen molar-refractivity contribution in [2.45, 2.75) is 53.7 Å². The van der Waals surface area contributed by atoms with Crippen LogP contribution in [0, 0.1) is 0 Å². The predicted molar refractivity (Wildman–Crippen MR) is 119 cm³/mol. The number of benzene rings is 3. The molecule has 146 valence electrons. The summed E-state index contributed by atoms with van der Waals surface area (Å²) in [6, 6.07) is 30.8. The molecule has 1 N–H and O–H groups in total. The van der Waals surface area contributed by atoms with E-state index in [9.17, 15) is 4.79 Å². The first kappa shape index (κ1) is 20.2. The molecule has 3 aromatic rings. The van der Waals surface area contributed by atoms with E-state index in [1.165, 1.54) is 12.8 Å². The van der Waals surface area contributed by atoms with E-state index in [2.05, 4.69) is 43.3 Å². The summed E-state index contributed by atoms with van der Waals surface area (Å²) in [7, 11) is -2.06. The quantitative estimate of drug-likeness (QED) is 0.276. The van der Waals surface area contributed by atoms with Crippen molar-refractivity contribution < 1.29 is 8.98 Å². The lowest BCUT2D eigenvalue weighted by molar-refractivity contribution is 0.470. The van der Waals surface area contributed by atoms with Gasteiger partial charge in [-0.05, 0) is 42.8 Å². The highest BCUT2D eigenvalue weighted by Crippen LogP contribution is 2.69. The molecule has 0 saturated carbocycles. The van der Waals surface area contributed by atoms with Crippen molar-refractivity contribution in [3.8, 4) is 0 Å². The van der Waals surface area contributed by atoms with Gasteiger partial charge in [-0.3, -0.25) is 4.18 Å². The summed E-state index contributed by atoms with van der Waals surface area (Å²) in [5, 5.41) is 0. The Morgan fingerprint density at radius 3 is 1.50 bits per heavy atom. The number of hydrogen-bond acceptors (Lipinski definition) is 1. The van der Waals surface area contributed by atoms with E-state index in [1.807, 2.05) is 54.6 Å². The fraction of sp³-hybridized carbons (Fsp3) is 0.240. The predicted octanol–water partition coefficient (Wildman–Crippen LogP) is 7.37. The molecule has 28 heavy (non-hydrogen) atoms. The van der Waals surface area contributed by atoms with Crippen LogP contribution in [0.4, 0.5) is 0 Å². The number of unbranched alkanes of at least 4 members (excludes halogenated alkanes) is 3. The second-order valence-corrected chi connectivity index (χ2v) is 9.48. The average Bonchev–Trinajstić information content (AvgIpc) is 2.77. The van der Waals surface area contributed by atoms with Crippen molar-refractivity contribution in [3.63, 3.8) is 0 Å². The third-order valence-electron chi connectivity index (χ3n) is 4.69. The van der Waals surface area contributed by atoms with E-state index in [0.29, 0.717) is 6.42 Å². The van der Waals surface area contributed by atoms with Crippen LogP contribution in [0.2, 0.25) is 0 Å². The van der Waals surface area contributed by atoms with Gasteiger partial charge in [-0.2, -0.15) is 0 Å². The molecule has 0 atom stereocenters. The van der Waals surface area contributed by atoms with Crippen molar-refractivity contribution in [1.82, 2.24) is 0 Å². The van der Waals surface area contributed by atoms with Crippen LogP contribution in [-0.2, 0) is 4.18 Å². The second kappa shape index (κ2) is 10.1. The summed E-state index contributed by atoms with van der Waals surface area (Å²) in [6.45, 7) is 2.19. The van der Waals surface area contributed by atoms with Crippen LogP contribution >= 0.6 is 10.3 Å². The topological polar surface area (TPSA) is 30.6 Å². The summed E-state index contributed by atoms with van der Waals surface area (Å²) in [6.07, 6.45) is 4.97. The Balaban J connectivity index is 2.05. The smallest absolute Gasteiger partial charge is 0.338 e. The summed E-state index contributed by atoms with van der Waals surface area (Å²) in [5.41, 5.74) is 0. The summed E-state index contributed by atoms with van der Waals surface area (Å²) in [5.74, 6) is 0.127. The molecular weight excluding hydrogens is 364 g/mol. The highest BCUT2D eigenvalue weighted by Gasteiger charge is 2.41. The first-order valence-corrected chi connectivity index (χ1v) is 11.6. The van der Waals surface area contributed by atoms with Gasteiger partial charge in [0.05, 0.1) is 25.0 Å². The van der Waals surface area contributed by atoms with Crippen molar-refractivity contribution in [1.29, 1.82) is 0 Å². The van der Waals surface area contributed by atoms with E-state index in [4.69, 9.17) is 4.18 Å². The van der Waals surface area contributed by atoms with Gasteiger partial charge in [-0.15, -0.1) is 0 Å². The monoisotopic (exact) mass is 393 g/mol. The van der Waals surface area contributed by atoms with Crippen molar-refractivity contribution >= 4 is 16.3 Å². The molecule has 0 spiro atoms. The molecule has 3 aromatic carbocycles. The van der Waals surface area contributed by atoms with Crippen molar-refractivity contribution in [3.05, 3.63) is 91.0 Å². The number of hydrogen-bond donors (Lipinski definition) is 0. The molecular formula is C25H29O2S+. The van der Waals surface area contributed by atoms with Crippen LogP contribution in [0.3, 0.4) is 0 Å². The van der Waals surface area contributed by atoms with Gasteiger partial charge in [-0.1, -0.05) is 80.8 Å². The van der Waals surface area contributed by atoms with Crippen LogP contribution < -0.4 is 0 Å². The molecule has 3 heteroatoms. The Morgan fingerprint density at radius 1 is 0.679 bits per heavy atom. The number of rotatable bonds is 9. The SMILES string of the molecule is CCCCCCC(=[OH+])OS(c1ccccc1)(c1ccccc1)c1ccccc1. The highest BCUT2D eigenvalue weighted by molar-refractivity contribution is 8.30. The Morgan fingerprint density at radius 2 is 1.11 bits per heavy atom. The van der Waals surface area contributed by atoms with Gasteiger partial charge in [0.1, 0.15) is 6.42 Å². The summed E-state index contributed by atoms with van der Waals surface area (Å²) >= 11 is 0. The number of carbonyl (C=O) groups excluding carboxylic acids is 1. The van der Waals surface area contributed by atoms with Gasteiger partial charge in [0.15, 0.2) is 0 Å². The summed E-state index contributed by atoms with van der Waals surface area (Å²) < 4.78 is 6.53. The van der Waals surface area contributed by atoms with Crippen LogP contribution in [-0.4, -0.2) is 10.8 Å². The van der Waals surface area contributed by atoms with Crippen LogP contribution in [0.1, 0.15) is 39.0 Å². The molecule has 3 rings (SSSR count). The molecule has 0 radical (unpaired) electrons. The van der Waals surface area contributed by atoms with E-state index in [1.54, 1.807) is 0 Å². The minimum atomic E-state index is -2.06. The maximum absolute atomic E-state index is 10.8. The lowest BCUT2D eigenvalue weighted by Crippen LogP contribution is -2.14. The third-order valence-corrected chi connectivity index (χ3v) is 7.94. The minimum absolute atomic E-state index is 0.127. The molecule has 0 aliphatic rings. The van der Waals surface area contributed by atoms with Crippen LogP contribution in [0.25, 0.3) is 0 Å². The Labute approximate surface area is 170 Å². The Bertz CT molecular complexity index is 751. The van der Waals surface area contributed by atoms with E-state index in [-0.39, 0.29) is 5.97 Å². The zero-order valence-corrected chi connectivity index (χ0v) is 17.3. The van der Waals surface area contributed by atoms with Gasteiger partial charge in [-0.25, -0.2) is 0 Å². The Kier molecular flexibility index (Phi) is 7.32. The Hall–Kier alpha value is -2.52. The first-order valence-electron chi connectivity index (χ1n) is 10.00. The fourth-order valence-electron chi connectivity index (χ4n) is 3.28. The van der Waals surface area contributed by atoms with Gasteiger partial charge < -0.3 is 4.79 Å². The molecule has 0 bridgehead atoms. The fourth-order valence-corrected chi connectivity index (χ4v) is 6.38. The minimum Gasteiger partial charge on any atom is -0.338 e. The largest absolute Gasteiger partial charge is 0.495 e. The maximum Gasteiger partial charge on any atom is 0.495 e. The summed E-state index contributed by atoms with van der Waals surface area (Å²) in [4.78, 5) is 14.0. The van der Waals surface area contributed by atoms with Gasteiger partial charge >= 0.3 is 5.97 Å². The molecule has 0 unspecified atom stereocenters. The molecule has 0 fully saturated rings. The third kappa shape index (κ3) is 4.66. The van der Waals surface area contributed by atoms with Crippen molar-refractivity contribution in [2.75, 3.05) is 0 Å². The zero-order chi connectivity index (χ0) is 19.7. The zero-order valence-electron chi connectivity index (χ0n) is 16.5. The van der Waals surface area contributed by atoms with Gasteiger partial charge in [0.25, 0.3) is 0 Å². The molecule has 0 aliphatic carbocycles.